The molecule has 6 heteroatoms. The molecule has 0 radical (unpaired) electrons. The first-order valence-electron chi connectivity index (χ1n) is 7.81. The highest BCUT2D eigenvalue weighted by molar-refractivity contribution is 7.91. The van der Waals surface area contributed by atoms with Gasteiger partial charge in [0.25, 0.3) is 5.91 Å². The fourth-order valence-electron chi connectivity index (χ4n) is 2.61. The molecule has 0 spiro atoms. The number of amides is 1. The van der Waals surface area contributed by atoms with Crippen LogP contribution in [0, 0.1) is 0 Å². The van der Waals surface area contributed by atoms with Crippen LogP contribution in [0.25, 0.3) is 0 Å². The SMILES string of the molecule is CCS(=O)(=O)CCNC(=O)c1ccc([C@H]2CCCNC2)cc1. The van der Waals surface area contributed by atoms with Gasteiger partial charge in [-0.15, -0.1) is 0 Å². The maximum absolute atomic E-state index is 12.0. The number of hydrogen-bond acceptors (Lipinski definition) is 4. The van der Waals surface area contributed by atoms with Crippen molar-refractivity contribution in [3.8, 4) is 0 Å². The predicted molar refractivity (Wildman–Crippen MR) is 87.9 cm³/mol. The first kappa shape index (κ1) is 17.0. The third-order valence-corrected chi connectivity index (χ3v) is 5.79. The zero-order chi connectivity index (χ0) is 16.0. The second-order valence-electron chi connectivity index (χ2n) is 5.66. The minimum atomic E-state index is -3.04. The minimum absolute atomic E-state index is 0.0128. The molecule has 1 aromatic carbocycles. The summed E-state index contributed by atoms with van der Waals surface area (Å²) in [6.07, 6.45) is 2.35. The number of carbonyl (C=O) groups is 1. The van der Waals surface area contributed by atoms with Crippen LogP contribution in [0.1, 0.15) is 41.6 Å². The van der Waals surface area contributed by atoms with Gasteiger partial charge < -0.3 is 10.6 Å². The molecule has 1 atom stereocenters. The molecule has 0 unspecified atom stereocenters. The molecule has 1 saturated heterocycles. The van der Waals surface area contributed by atoms with Gasteiger partial charge in [-0.05, 0) is 43.0 Å². The average Bonchev–Trinajstić information content (AvgIpc) is 2.55. The summed E-state index contributed by atoms with van der Waals surface area (Å²) in [7, 11) is -3.04. The fourth-order valence-corrected chi connectivity index (χ4v) is 3.31. The van der Waals surface area contributed by atoms with Gasteiger partial charge in [0.15, 0.2) is 9.84 Å². The summed E-state index contributed by atoms with van der Waals surface area (Å²) in [6.45, 7) is 3.83. The van der Waals surface area contributed by atoms with Gasteiger partial charge in [0.1, 0.15) is 0 Å². The molecule has 1 heterocycles. The second-order valence-corrected chi connectivity index (χ2v) is 8.13. The second kappa shape index (κ2) is 7.74. The minimum Gasteiger partial charge on any atom is -0.351 e. The number of hydrogen-bond donors (Lipinski definition) is 2. The Balaban J connectivity index is 1.88. The van der Waals surface area contributed by atoms with E-state index in [9.17, 15) is 13.2 Å². The molecule has 0 aromatic heterocycles. The molecule has 2 N–H and O–H groups in total. The van der Waals surface area contributed by atoms with Crippen molar-refractivity contribution in [2.45, 2.75) is 25.7 Å². The van der Waals surface area contributed by atoms with Crippen LogP contribution in [-0.2, 0) is 9.84 Å². The Morgan fingerprint density at radius 1 is 1.32 bits per heavy atom. The lowest BCUT2D eigenvalue weighted by atomic mass is 9.91. The third-order valence-electron chi connectivity index (χ3n) is 4.08. The van der Waals surface area contributed by atoms with Crippen LogP contribution in [0.2, 0.25) is 0 Å². The fraction of sp³-hybridized carbons (Fsp3) is 0.562. The van der Waals surface area contributed by atoms with Crippen LogP contribution >= 0.6 is 0 Å². The van der Waals surface area contributed by atoms with E-state index in [0.717, 1.165) is 13.1 Å². The first-order valence-corrected chi connectivity index (χ1v) is 9.63. The molecule has 5 nitrogen and oxygen atoms in total. The van der Waals surface area contributed by atoms with Gasteiger partial charge >= 0.3 is 0 Å². The van der Waals surface area contributed by atoms with Crippen molar-refractivity contribution in [2.75, 3.05) is 31.1 Å². The molecule has 1 fully saturated rings. The van der Waals surface area contributed by atoms with Crippen molar-refractivity contribution in [3.05, 3.63) is 35.4 Å². The van der Waals surface area contributed by atoms with E-state index in [-0.39, 0.29) is 24.0 Å². The van der Waals surface area contributed by atoms with Gasteiger partial charge in [-0.1, -0.05) is 19.1 Å². The van der Waals surface area contributed by atoms with Gasteiger partial charge in [0.2, 0.25) is 0 Å². The Kier molecular flexibility index (Phi) is 5.97. The van der Waals surface area contributed by atoms with Crippen LogP contribution in [0.4, 0.5) is 0 Å². The van der Waals surface area contributed by atoms with Gasteiger partial charge in [-0.25, -0.2) is 8.42 Å². The maximum atomic E-state index is 12.0. The van der Waals surface area contributed by atoms with E-state index >= 15 is 0 Å². The lowest BCUT2D eigenvalue weighted by Crippen LogP contribution is -2.30. The van der Waals surface area contributed by atoms with Crippen LogP contribution in [0.15, 0.2) is 24.3 Å². The van der Waals surface area contributed by atoms with Gasteiger partial charge in [0.05, 0.1) is 5.75 Å². The van der Waals surface area contributed by atoms with Crippen molar-refractivity contribution in [3.63, 3.8) is 0 Å². The summed E-state index contributed by atoms with van der Waals surface area (Å²) in [4.78, 5) is 12.0. The monoisotopic (exact) mass is 324 g/mol. The molecule has 0 aliphatic carbocycles. The molecular formula is C16H24N2O3S. The Hall–Kier alpha value is -1.40. The number of nitrogens with one attached hydrogen (secondary N) is 2. The number of rotatable bonds is 6. The van der Waals surface area contributed by atoms with Gasteiger partial charge in [-0.2, -0.15) is 0 Å². The molecule has 0 saturated carbocycles. The molecular weight excluding hydrogens is 300 g/mol. The number of piperidine rings is 1. The van der Waals surface area contributed by atoms with Crippen LogP contribution < -0.4 is 10.6 Å². The topological polar surface area (TPSA) is 75.3 Å². The highest BCUT2D eigenvalue weighted by Crippen LogP contribution is 2.23. The highest BCUT2D eigenvalue weighted by Gasteiger charge is 2.15. The van der Waals surface area contributed by atoms with E-state index in [1.807, 2.05) is 24.3 Å². The molecule has 122 valence electrons. The third kappa shape index (κ3) is 4.81. The zero-order valence-electron chi connectivity index (χ0n) is 13.0. The van der Waals surface area contributed by atoms with E-state index in [2.05, 4.69) is 10.6 Å². The van der Waals surface area contributed by atoms with Crippen molar-refractivity contribution < 1.29 is 13.2 Å². The van der Waals surface area contributed by atoms with E-state index in [4.69, 9.17) is 0 Å². The van der Waals surface area contributed by atoms with Gasteiger partial charge in [0, 0.05) is 24.4 Å². The first-order chi connectivity index (χ1) is 10.5. The summed E-state index contributed by atoms with van der Waals surface area (Å²) < 4.78 is 22.8. The Bertz CT molecular complexity index is 590. The van der Waals surface area contributed by atoms with Gasteiger partial charge in [-0.3, -0.25) is 4.79 Å². The van der Waals surface area contributed by atoms with Crippen molar-refractivity contribution in [1.29, 1.82) is 0 Å². The Morgan fingerprint density at radius 2 is 2.05 bits per heavy atom. The number of benzene rings is 1. The van der Waals surface area contributed by atoms with Crippen LogP contribution in [-0.4, -0.2) is 45.5 Å². The quantitative estimate of drug-likeness (QED) is 0.827. The van der Waals surface area contributed by atoms with Crippen LogP contribution in [0.3, 0.4) is 0 Å². The molecule has 1 aromatic rings. The van der Waals surface area contributed by atoms with E-state index < -0.39 is 9.84 Å². The summed E-state index contributed by atoms with van der Waals surface area (Å²) >= 11 is 0. The largest absolute Gasteiger partial charge is 0.351 e. The Labute approximate surface area is 132 Å². The number of sulfone groups is 1. The summed E-state index contributed by atoms with van der Waals surface area (Å²) in [5, 5.41) is 6.04. The van der Waals surface area contributed by atoms with Crippen molar-refractivity contribution in [2.24, 2.45) is 0 Å². The molecule has 1 aliphatic heterocycles. The van der Waals surface area contributed by atoms with Crippen LogP contribution in [0.5, 0.6) is 0 Å². The molecule has 22 heavy (non-hydrogen) atoms. The molecule has 1 amide bonds. The smallest absolute Gasteiger partial charge is 0.251 e. The number of carbonyl (C=O) groups excluding carboxylic acids is 1. The highest BCUT2D eigenvalue weighted by atomic mass is 32.2. The maximum Gasteiger partial charge on any atom is 0.251 e. The summed E-state index contributed by atoms with van der Waals surface area (Å²) in [5.41, 5.74) is 1.82. The summed E-state index contributed by atoms with van der Waals surface area (Å²) in [6, 6.07) is 7.62. The van der Waals surface area contributed by atoms with Crippen molar-refractivity contribution >= 4 is 15.7 Å². The van der Waals surface area contributed by atoms with E-state index in [1.54, 1.807) is 6.92 Å². The molecule has 1 aliphatic rings. The predicted octanol–water partition coefficient (Wildman–Crippen LogP) is 1.32. The zero-order valence-corrected chi connectivity index (χ0v) is 13.8. The van der Waals surface area contributed by atoms with E-state index in [0.29, 0.717) is 11.5 Å². The standard InChI is InChI=1S/C16H24N2O3S/c1-2-22(20,21)11-10-18-16(19)14-7-5-13(6-8-14)15-4-3-9-17-12-15/h5-8,15,17H,2-4,9-12H2,1H3,(H,18,19)/t15-/m0/s1. The Morgan fingerprint density at radius 3 is 2.64 bits per heavy atom. The average molecular weight is 324 g/mol. The van der Waals surface area contributed by atoms with Crippen molar-refractivity contribution in [1.82, 2.24) is 10.6 Å². The lowest BCUT2D eigenvalue weighted by Gasteiger charge is -2.23. The lowest BCUT2D eigenvalue weighted by molar-refractivity contribution is 0.0956. The van der Waals surface area contributed by atoms with E-state index in [1.165, 1.54) is 18.4 Å². The molecule has 0 bridgehead atoms. The normalized spacial score (nSPS) is 18.9. The summed E-state index contributed by atoms with van der Waals surface area (Å²) in [5.74, 6) is 0.383. The molecule has 2 rings (SSSR count).